The molecule has 3 atom stereocenters. The van der Waals surface area contributed by atoms with Crippen molar-refractivity contribution in [3.05, 3.63) is 137 Å². The second kappa shape index (κ2) is 16.4. The van der Waals surface area contributed by atoms with Gasteiger partial charge >= 0.3 is 0 Å². The standard InChI is InChI=1S/C38H43N3O5/c1-27-32(20-13-21-35(27)43)37(45)39-33(24-29-14-7-4-8-15-29)36(44)22-23-41(28(2)42)34(25-30-16-9-5-10-17-30)38(46)40(3)26-31-18-11-6-12-19-31/h4-21,33-34,36,43-44H,22-26H2,1-3H3,(H,39,45). The molecular weight excluding hydrogens is 578 g/mol. The molecule has 0 aliphatic carbocycles. The number of phenolic OH excluding ortho intramolecular Hbond substituents is 1. The molecule has 0 radical (unpaired) electrons. The third-order valence-corrected chi connectivity index (χ3v) is 8.27. The van der Waals surface area contributed by atoms with Crippen LogP contribution < -0.4 is 5.32 Å². The summed E-state index contributed by atoms with van der Waals surface area (Å²) < 4.78 is 0. The zero-order valence-corrected chi connectivity index (χ0v) is 26.7. The number of hydrogen-bond acceptors (Lipinski definition) is 5. The lowest BCUT2D eigenvalue weighted by molar-refractivity contribution is -0.144. The molecular formula is C38H43N3O5. The highest BCUT2D eigenvalue weighted by Gasteiger charge is 2.32. The van der Waals surface area contributed by atoms with E-state index in [0.717, 1.165) is 16.7 Å². The van der Waals surface area contributed by atoms with Gasteiger partial charge in [0.15, 0.2) is 0 Å². The summed E-state index contributed by atoms with van der Waals surface area (Å²) in [6.07, 6.45) is -0.261. The van der Waals surface area contributed by atoms with Crippen LogP contribution in [0.3, 0.4) is 0 Å². The highest BCUT2D eigenvalue weighted by molar-refractivity contribution is 5.96. The Labute approximate surface area is 271 Å². The van der Waals surface area contributed by atoms with E-state index in [1.807, 2.05) is 91.0 Å². The second-order valence-electron chi connectivity index (χ2n) is 11.7. The van der Waals surface area contributed by atoms with Gasteiger partial charge in [-0.2, -0.15) is 0 Å². The number of rotatable bonds is 14. The molecule has 46 heavy (non-hydrogen) atoms. The number of likely N-dealkylation sites (N-methyl/N-ethyl adjacent to an activating group) is 1. The van der Waals surface area contributed by atoms with Crippen molar-refractivity contribution >= 4 is 17.7 Å². The lowest BCUT2D eigenvalue weighted by Gasteiger charge is -2.34. The number of carbonyl (C=O) groups excluding carboxylic acids is 3. The molecule has 3 unspecified atom stereocenters. The fraction of sp³-hybridized carbons (Fsp3) is 0.289. The van der Waals surface area contributed by atoms with Gasteiger partial charge in [0.2, 0.25) is 11.8 Å². The summed E-state index contributed by atoms with van der Waals surface area (Å²) in [5.41, 5.74) is 3.56. The van der Waals surface area contributed by atoms with Gasteiger partial charge in [0.05, 0.1) is 12.1 Å². The SMILES string of the molecule is CC(=O)N(CCC(O)C(Cc1ccccc1)NC(=O)c1cccc(O)c1C)C(Cc1ccccc1)C(=O)N(C)Cc1ccccc1. The molecule has 8 nitrogen and oxygen atoms in total. The Bertz CT molecular complexity index is 1580. The number of nitrogens with one attached hydrogen (secondary N) is 1. The van der Waals surface area contributed by atoms with Gasteiger partial charge in [-0.15, -0.1) is 0 Å². The van der Waals surface area contributed by atoms with Crippen LogP contribution in [-0.2, 0) is 29.0 Å². The first kappa shape index (κ1) is 33.9. The van der Waals surface area contributed by atoms with Gasteiger partial charge in [0.1, 0.15) is 11.8 Å². The summed E-state index contributed by atoms with van der Waals surface area (Å²) in [6, 6.07) is 32.0. The number of nitrogens with zero attached hydrogens (tertiary/aromatic N) is 2. The average Bonchev–Trinajstić information content (AvgIpc) is 3.06. The van der Waals surface area contributed by atoms with Crippen molar-refractivity contribution in [2.75, 3.05) is 13.6 Å². The molecule has 3 N–H and O–H groups in total. The van der Waals surface area contributed by atoms with E-state index >= 15 is 0 Å². The van der Waals surface area contributed by atoms with E-state index < -0.39 is 24.1 Å². The van der Waals surface area contributed by atoms with Crippen LogP contribution in [0, 0.1) is 6.92 Å². The number of hydrogen-bond donors (Lipinski definition) is 3. The van der Waals surface area contributed by atoms with Gasteiger partial charge < -0.3 is 25.3 Å². The Morgan fingerprint density at radius 2 is 1.30 bits per heavy atom. The average molecular weight is 622 g/mol. The van der Waals surface area contributed by atoms with Crippen LogP contribution in [0.1, 0.15) is 46.0 Å². The van der Waals surface area contributed by atoms with Crippen LogP contribution in [0.25, 0.3) is 0 Å². The molecule has 0 saturated carbocycles. The van der Waals surface area contributed by atoms with E-state index in [1.54, 1.807) is 31.0 Å². The number of benzene rings is 4. The van der Waals surface area contributed by atoms with E-state index in [9.17, 15) is 24.6 Å². The van der Waals surface area contributed by atoms with Gasteiger partial charge in [-0.25, -0.2) is 0 Å². The van der Waals surface area contributed by atoms with E-state index in [2.05, 4.69) is 5.32 Å². The number of aromatic hydroxyl groups is 1. The molecule has 0 aromatic heterocycles. The predicted molar refractivity (Wildman–Crippen MR) is 179 cm³/mol. The number of aliphatic hydroxyl groups is 1. The minimum absolute atomic E-state index is 0.0104. The van der Waals surface area contributed by atoms with Crippen molar-refractivity contribution in [2.24, 2.45) is 0 Å². The number of amides is 3. The maximum atomic E-state index is 14.0. The Morgan fingerprint density at radius 3 is 1.87 bits per heavy atom. The van der Waals surface area contributed by atoms with Crippen molar-refractivity contribution in [1.29, 1.82) is 0 Å². The molecule has 0 spiro atoms. The monoisotopic (exact) mass is 621 g/mol. The van der Waals surface area contributed by atoms with Gasteiger partial charge in [-0.05, 0) is 48.6 Å². The lowest BCUT2D eigenvalue weighted by Crippen LogP contribution is -2.52. The van der Waals surface area contributed by atoms with Crippen molar-refractivity contribution in [2.45, 2.75) is 57.8 Å². The molecule has 4 aromatic rings. The predicted octanol–water partition coefficient (Wildman–Crippen LogP) is 4.91. The highest BCUT2D eigenvalue weighted by Crippen LogP contribution is 2.21. The molecule has 0 bridgehead atoms. The minimum atomic E-state index is -1.04. The quantitative estimate of drug-likeness (QED) is 0.185. The summed E-state index contributed by atoms with van der Waals surface area (Å²) in [5.74, 6) is -0.896. The first-order valence-electron chi connectivity index (χ1n) is 15.6. The minimum Gasteiger partial charge on any atom is -0.508 e. The van der Waals surface area contributed by atoms with Crippen LogP contribution in [0.15, 0.2) is 109 Å². The zero-order chi connectivity index (χ0) is 33.1. The van der Waals surface area contributed by atoms with Crippen LogP contribution in [0.2, 0.25) is 0 Å². The normalized spacial score (nSPS) is 12.9. The van der Waals surface area contributed by atoms with E-state index in [1.165, 1.54) is 17.9 Å². The topological polar surface area (TPSA) is 110 Å². The molecule has 0 heterocycles. The first-order valence-corrected chi connectivity index (χ1v) is 15.6. The fourth-order valence-electron chi connectivity index (χ4n) is 5.63. The fourth-order valence-corrected chi connectivity index (χ4v) is 5.63. The van der Waals surface area contributed by atoms with Crippen LogP contribution >= 0.6 is 0 Å². The van der Waals surface area contributed by atoms with Crippen molar-refractivity contribution in [3.63, 3.8) is 0 Å². The molecule has 8 heteroatoms. The highest BCUT2D eigenvalue weighted by atomic mass is 16.3. The van der Waals surface area contributed by atoms with Crippen molar-refractivity contribution in [1.82, 2.24) is 15.1 Å². The maximum absolute atomic E-state index is 14.0. The first-order chi connectivity index (χ1) is 22.1. The maximum Gasteiger partial charge on any atom is 0.252 e. The zero-order valence-electron chi connectivity index (χ0n) is 26.7. The van der Waals surface area contributed by atoms with E-state index in [-0.39, 0.29) is 30.5 Å². The Balaban J connectivity index is 1.56. The lowest BCUT2D eigenvalue weighted by atomic mass is 9.97. The Morgan fingerprint density at radius 1 is 0.761 bits per heavy atom. The second-order valence-corrected chi connectivity index (χ2v) is 11.7. The third kappa shape index (κ3) is 9.28. The summed E-state index contributed by atoms with van der Waals surface area (Å²) >= 11 is 0. The van der Waals surface area contributed by atoms with Crippen LogP contribution in [-0.4, -0.2) is 69.5 Å². The molecule has 0 aliphatic rings. The smallest absolute Gasteiger partial charge is 0.252 e. The molecule has 0 aliphatic heterocycles. The molecule has 240 valence electrons. The summed E-state index contributed by atoms with van der Waals surface area (Å²) in [4.78, 5) is 43.6. The molecule has 4 rings (SSSR count). The van der Waals surface area contributed by atoms with Crippen molar-refractivity contribution < 1.29 is 24.6 Å². The molecule has 0 saturated heterocycles. The van der Waals surface area contributed by atoms with Gasteiger partial charge in [0.25, 0.3) is 5.91 Å². The Hall–Kier alpha value is -4.95. The van der Waals surface area contributed by atoms with Gasteiger partial charge in [-0.3, -0.25) is 14.4 Å². The van der Waals surface area contributed by atoms with Crippen LogP contribution in [0.4, 0.5) is 0 Å². The number of phenols is 1. The Kier molecular flexibility index (Phi) is 12.1. The molecule has 0 fully saturated rings. The molecule has 4 aromatic carbocycles. The number of carbonyl (C=O) groups is 3. The van der Waals surface area contributed by atoms with Crippen LogP contribution in [0.5, 0.6) is 5.75 Å². The largest absolute Gasteiger partial charge is 0.508 e. The van der Waals surface area contributed by atoms with Crippen molar-refractivity contribution in [3.8, 4) is 5.75 Å². The summed E-state index contributed by atoms with van der Waals surface area (Å²) in [6.45, 7) is 3.59. The van der Waals surface area contributed by atoms with Gasteiger partial charge in [-0.1, -0.05) is 97.1 Å². The third-order valence-electron chi connectivity index (χ3n) is 8.27. The summed E-state index contributed by atoms with van der Waals surface area (Å²) in [5, 5.41) is 24.6. The summed E-state index contributed by atoms with van der Waals surface area (Å²) in [7, 11) is 1.73. The molecule has 3 amide bonds. The van der Waals surface area contributed by atoms with E-state index in [0.29, 0.717) is 30.5 Å². The van der Waals surface area contributed by atoms with Gasteiger partial charge in [0, 0.05) is 44.6 Å². The van der Waals surface area contributed by atoms with E-state index in [4.69, 9.17) is 0 Å². The number of aliphatic hydroxyl groups excluding tert-OH is 1.